The van der Waals surface area contributed by atoms with E-state index in [1.807, 2.05) is 6.07 Å². The van der Waals surface area contributed by atoms with Crippen LogP contribution in [0.5, 0.6) is 0 Å². The van der Waals surface area contributed by atoms with Crippen LogP contribution in [0.25, 0.3) is 0 Å². The van der Waals surface area contributed by atoms with Gasteiger partial charge in [0.2, 0.25) is 0 Å². The van der Waals surface area contributed by atoms with Gasteiger partial charge in [0.15, 0.2) is 0 Å². The van der Waals surface area contributed by atoms with Crippen LogP contribution in [0, 0.1) is 5.92 Å². The summed E-state index contributed by atoms with van der Waals surface area (Å²) in [5, 5.41) is 0. The van der Waals surface area contributed by atoms with Crippen LogP contribution in [0.2, 0.25) is 0 Å². The number of hydrogen-bond acceptors (Lipinski definition) is 4. The maximum Gasteiger partial charge on any atom is 0.255 e. The van der Waals surface area contributed by atoms with Crippen molar-refractivity contribution in [1.29, 1.82) is 0 Å². The van der Waals surface area contributed by atoms with Gasteiger partial charge in [-0.1, -0.05) is 13.8 Å². The fourth-order valence-corrected chi connectivity index (χ4v) is 2.18. The van der Waals surface area contributed by atoms with Gasteiger partial charge in [-0.05, 0) is 24.1 Å². The van der Waals surface area contributed by atoms with Crippen LogP contribution in [0.4, 0.5) is 11.4 Å². The monoisotopic (exact) mass is 293 g/mol. The molecule has 2 N–H and O–H groups in total. The maximum absolute atomic E-state index is 12.4. The molecule has 0 radical (unpaired) electrons. The van der Waals surface area contributed by atoms with Crippen molar-refractivity contribution in [3.63, 3.8) is 0 Å². The minimum atomic E-state index is -0.0174. The van der Waals surface area contributed by atoms with Gasteiger partial charge in [0, 0.05) is 40.0 Å². The molecule has 0 atom stereocenters. The lowest BCUT2D eigenvalue weighted by Gasteiger charge is -2.29. The van der Waals surface area contributed by atoms with Crippen LogP contribution in [0.1, 0.15) is 24.2 Å². The number of hydrogen-bond donors (Lipinski definition) is 1. The number of anilines is 2. The summed E-state index contributed by atoms with van der Waals surface area (Å²) in [4.78, 5) is 16.1. The second kappa shape index (κ2) is 7.88. The number of benzene rings is 1. The first-order chi connectivity index (χ1) is 9.86. The normalized spacial score (nSPS) is 10.8. The largest absolute Gasteiger partial charge is 0.399 e. The molecule has 0 aliphatic rings. The van der Waals surface area contributed by atoms with Crippen molar-refractivity contribution >= 4 is 17.3 Å². The highest BCUT2D eigenvalue weighted by Gasteiger charge is 2.19. The molecule has 118 valence electrons. The second-order valence-corrected chi connectivity index (χ2v) is 5.81. The zero-order chi connectivity index (χ0) is 16.0. The van der Waals surface area contributed by atoms with E-state index >= 15 is 0 Å². The maximum atomic E-state index is 12.4. The average Bonchev–Trinajstić information content (AvgIpc) is 2.42. The summed E-state index contributed by atoms with van der Waals surface area (Å²) in [7, 11) is 5.19. The number of rotatable bonds is 7. The average molecular weight is 293 g/mol. The number of nitrogens with zero attached hydrogens (tertiary/aromatic N) is 2. The molecular formula is C16H27N3O2. The molecule has 0 bridgehead atoms. The predicted octanol–water partition coefficient (Wildman–Crippen LogP) is 2.08. The predicted molar refractivity (Wildman–Crippen MR) is 87.8 cm³/mol. The Kier molecular flexibility index (Phi) is 6.49. The first-order valence-electron chi connectivity index (χ1n) is 7.21. The van der Waals surface area contributed by atoms with Gasteiger partial charge in [-0.3, -0.25) is 4.79 Å². The third kappa shape index (κ3) is 4.93. The van der Waals surface area contributed by atoms with Gasteiger partial charge < -0.3 is 20.3 Å². The topological polar surface area (TPSA) is 58.8 Å². The fourth-order valence-electron chi connectivity index (χ4n) is 2.18. The molecule has 0 aliphatic carbocycles. The quantitative estimate of drug-likeness (QED) is 0.782. The third-order valence-corrected chi connectivity index (χ3v) is 3.15. The van der Waals surface area contributed by atoms with Crippen molar-refractivity contribution in [2.75, 3.05) is 51.5 Å². The lowest BCUT2D eigenvalue weighted by Crippen LogP contribution is -2.33. The van der Waals surface area contributed by atoms with Gasteiger partial charge in [0.05, 0.1) is 17.9 Å². The molecule has 5 heteroatoms. The first-order valence-corrected chi connectivity index (χ1v) is 7.21. The molecule has 0 spiro atoms. The van der Waals surface area contributed by atoms with Gasteiger partial charge >= 0.3 is 0 Å². The molecule has 0 aliphatic heterocycles. The SMILES string of the molecule is COCCN(CC(C)C)c1cc(N)ccc1C(=O)N(C)C. The molecule has 0 heterocycles. The number of amides is 1. The highest BCUT2D eigenvalue weighted by molar-refractivity contribution is 6.00. The van der Waals surface area contributed by atoms with Crippen LogP contribution in [-0.2, 0) is 4.74 Å². The number of nitrogens with two attached hydrogens (primary N) is 1. The zero-order valence-electron chi connectivity index (χ0n) is 13.7. The lowest BCUT2D eigenvalue weighted by atomic mass is 10.1. The molecule has 1 amide bonds. The van der Waals surface area contributed by atoms with Crippen LogP contribution < -0.4 is 10.6 Å². The molecule has 0 unspecified atom stereocenters. The Morgan fingerprint density at radius 3 is 2.52 bits per heavy atom. The van der Waals surface area contributed by atoms with E-state index in [2.05, 4.69) is 18.7 Å². The van der Waals surface area contributed by atoms with Gasteiger partial charge in [0.1, 0.15) is 0 Å². The van der Waals surface area contributed by atoms with E-state index in [9.17, 15) is 4.79 Å². The minimum Gasteiger partial charge on any atom is -0.399 e. The van der Waals surface area contributed by atoms with Crippen molar-refractivity contribution in [3.8, 4) is 0 Å². The number of carbonyl (C=O) groups excluding carboxylic acids is 1. The number of nitrogen functional groups attached to an aromatic ring is 1. The van der Waals surface area contributed by atoms with E-state index in [4.69, 9.17) is 10.5 Å². The lowest BCUT2D eigenvalue weighted by molar-refractivity contribution is 0.0828. The van der Waals surface area contributed by atoms with E-state index in [0.29, 0.717) is 23.8 Å². The summed E-state index contributed by atoms with van der Waals surface area (Å²) in [5.74, 6) is 0.460. The van der Waals surface area contributed by atoms with E-state index in [1.54, 1.807) is 38.2 Å². The molecule has 1 rings (SSSR count). The summed E-state index contributed by atoms with van der Waals surface area (Å²) in [5.41, 5.74) is 8.12. The highest BCUT2D eigenvalue weighted by Crippen LogP contribution is 2.25. The Morgan fingerprint density at radius 2 is 2.00 bits per heavy atom. The molecule has 1 aromatic carbocycles. The standard InChI is InChI=1S/C16H27N3O2/c1-12(2)11-19(8-9-21-5)15-10-13(17)6-7-14(15)16(20)18(3)4/h6-7,10,12H,8-9,11,17H2,1-5H3. The summed E-state index contributed by atoms with van der Waals surface area (Å²) in [6.07, 6.45) is 0. The van der Waals surface area contributed by atoms with Gasteiger partial charge in [-0.2, -0.15) is 0 Å². The van der Waals surface area contributed by atoms with E-state index in [-0.39, 0.29) is 5.91 Å². The molecular weight excluding hydrogens is 266 g/mol. The first kappa shape index (κ1) is 17.3. The van der Waals surface area contributed by atoms with Crippen LogP contribution in [0.3, 0.4) is 0 Å². The number of ether oxygens (including phenoxy) is 1. The molecule has 0 fully saturated rings. The zero-order valence-corrected chi connectivity index (χ0v) is 13.7. The molecule has 0 saturated heterocycles. The summed E-state index contributed by atoms with van der Waals surface area (Å²) >= 11 is 0. The van der Waals surface area contributed by atoms with Crippen LogP contribution >= 0.6 is 0 Å². The number of carbonyl (C=O) groups is 1. The summed E-state index contributed by atoms with van der Waals surface area (Å²) in [6.45, 7) is 6.49. The molecule has 5 nitrogen and oxygen atoms in total. The van der Waals surface area contributed by atoms with Gasteiger partial charge in [-0.25, -0.2) is 0 Å². The van der Waals surface area contributed by atoms with Crippen LogP contribution in [0.15, 0.2) is 18.2 Å². The Bertz CT molecular complexity index is 473. The van der Waals surface area contributed by atoms with Crippen molar-refractivity contribution in [1.82, 2.24) is 4.90 Å². The Hall–Kier alpha value is -1.75. The smallest absolute Gasteiger partial charge is 0.255 e. The van der Waals surface area contributed by atoms with Gasteiger partial charge in [-0.15, -0.1) is 0 Å². The van der Waals surface area contributed by atoms with Crippen molar-refractivity contribution in [2.24, 2.45) is 5.92 Å². The van der Waals surface area contributed by atoms with E-state index in [0.717, 1.165) is 18.8 Å². The Labute approximate surface area is 127 Å². The van der Waals surface area contributed by atoms with E-state index < -0.39 is 0 Å². The summed E-state index contributed by atoms with van der Waals surface area (Å²) in [6, 6.07) is 5.44. The fraction of sp³-hybridized carbons (Fsp3) is 0.562. The molecule has 21 heavy (non-hydrogen) atoms. The highest BCUT2D eigenvalue weighted by atomic mass is 16.5. The minimum absolute atomic E-state index is 0.0174. The number of methoxy groups -OCH3 is 1. The third-order valence-electron chi connectivity index (χ3n) is 3.15. The molecule has 0 aromatic heterocycles. The van der Waals surface area contributed by atoms with Crippen LogP contribution in [-0.4, -0.2) is 51.7 Å². The van der Waals surface area contributed by atoms with Gasteiger partial charge in [0.25, 0.3) is 5.91 Å². The Morgan fingerprint density at radius 1 is 1.33 bits per heavy atom. The van der Waals surface area contributed by atoms with Crippen molar-refractivity contribution in [3.05, 3.63) is 23.8 Å². The van der Waals surface area contributed by atoms with Crippen molar-refractivity contribution in [2.45, 2.75) is 13.8 Å². The molecule has 1 aromatic rings. The second-order valence-electron chi connectivity index (χ2n) is 5.81. The van der Waals surface area contributed by atoms with E-state index in [1.165, 1.54) is 0 Å². The van der Waals surface area contributed by atoms with Crippen molar-refractivity contribution < 1.29 is 9.53 Å². The summed E-state index contributed by atoms with van der Waals surface area (Å²) < 4.78 is 5.19. The Balaban J connectivity index is 3.20. The molecule has 0 saturated carbocycles.